The van der Waals surface area contributed by atoms with Crippen LogP contribution in [-0.2, 0) is 0 Å². The number of phenols is 1. The summed E-state index contributed by atoms with van der Waals surface area (Å²) < 4.78 is 5.73. The number of phenolic OH excluding ortho intramolecular Hbond substituents is 1. The number of aromatic hydroxyl groups is 1. The number of carbonyl (C=O) groups excluding carboxylic acids is 1. The van der Waals surface area contributed by atoms with Gasteiger partial charge in [-0.1, -0.05) is 38.3 Å². The number of thiocarbonyl (C=S) groups is 1. The number of rotatable bonds is 9. The average molecular weight is 417 g/mol. The molecular weight excluding hydrogens is 394 g/mol. The predicted octanol–water partition coefficient (Wildman–Crippen LogP) is 4.39. The van der Waals surface area contributed by atoms with E-state index in [-0.39, 0.29) is 22.2 Å². The number of nitro groups is 1. The Bertz CT molecular complexity index is 888. The van der Waals surface area contributed by atoms with Gasteiger partial charge >= 0.3 is 0 Å². The van der Waals surface area contributed by atoms with E-state index < -0.39 is 10.8 Å². The van der Waals surface area contributed by atoms with Crippen LogP contribution in [0.5, 0.6) is 11.5 Å². The minimum Gasteiger partial charge on any atom is -0.506 e. The second-order valence-corrected chi connectivity index (χ2v) is 6.68. The van der Waals surface area contributed by atoms with Crippen molar-refractivity contribution < 1.29 is 19.6 Å². The monoisotopic (exact) mass is 417 g/mol. The lowest BCUT2D eigenvalue weighted by molar-refractivity contribution is -0.384. The summed E-state index contributed by atoms with van der Waals surface area (Å²) in [5, 5.41) is 25.7. The topological polar surface area (TPSA) is 114 Å². The number of unbranched alkanes of at least 4 members (excludes halogenated alkanes) is 3. The van der Waals surface area contributed by atoms with Gasteiger partial charge in [0.25, 0.3) is 11.6 Å². The molecule has 2 aromatic rings. The smallest absolute Gasteiger partial charge is 0.271 e. The van der Waals surface area contributed by atoms with Crippen molar-refractivity contribution in [3.05, 3.63) is 58.1 Å². The molecule has 0 aliphatic heterocycles. The number of carbonyl (C=O) groups is 1. The molecule has 154 valence electrons. The van der Waals surface area contributed by atoms with E-state index >= 15 is 0 Å². The molecule has 0 saturated carbocycles. The molecule has 2 rings (SSSR count). The Hall–Kier alpha value is -3.20. The summed E-state index contributed by atoms with van der Waals surface area (Å²) in [5.74, 6) is -0.276. The lowest BCUT2D eigenvalue weighted by atomic mass is 10.2. The van der Waals surface area contributed by atoms with Gasteiger partial charge < -0.3 is 15.2 Å². The number of ether oxygens (including phenoxy) is 1. The second-order valence-electron chi connectivity index (χ2n) is 6.27. The van der Waals surface area contributed by atoms with Crippen molar-refractivity contribution >= 4 is 34.6 Å². The van der Waals surface area contributed by atoms with Crippen LogP contribution in [0, 0.1) is 10.1 Å². The van der Waals surface area contributed by atoms with Gasteiger partial charge in [-0.05, 0) is 36.8 Å². The number of non-ortho nitro benzene ring substituents is 1. The van der Waals surface area contributed by atoms with Gasteiger partial charge in [0.15, 0.2) is 5.11 Å². The number of nitrogens with zero attached hydrogens (tertiary/aromatic N) is 1. The van der Waals surface area contributed by atoms with Crippen molar-refractivity contribution in [2.75, 3.05) is 11.9 Å². The van der Waals surface area contributed by atoms with E-state index in [1.165, 1.54) is 6.07 Å². The third-order valence-corrected chi connectivity index (χ3v) is 4.26. The van der Waals surface area contributed by atoms with E-state index in [9.17, 15) is 20.0 Å². The van der Waals surface area contributed by atoms with Crippen LogP contribution in [0.2, 0.25) is 0 Å². The fourth-order valence-corrected chi connectivity index (χ4v) is 2.76. The fraction of sp³-hybridized carbons (Fsp3) is 0.300. The van der Waals surface area contributed by atoms with Crippen LogP contribution < -0.4 is 15.4 Å². The first-order valence-corrected chi connectivity index (χ1v) is 9.64. The van der Waals surface area contributed by atoms with Gasteiger partial charge in [-0.2, -0.15) is 0 Å². The molecule has 0 spiro atoms. The van der Waals surface area contributed by atoms with Crippen LogP contribution >= 0.6 is 12.2 Å². The van der Waals surface area contributed by atoms with E-state index in [1.54, 1.807) is 24.3 Å². The highest BCUT2D eigenvalue weighted by Gasteiger charge is 2.16. The number of hydrogen-bond donors (Lipinski definition) is 3. The maximum Gasteiger partial charge on any atom is 0.271 e. The van der Waals surface area contributed by atoms with Crippen LogP contribution in [0.3, 0.4) is 0 Å². The molecule has 0 heterocycles. The Morgan fingerprint density at radius 1 is 1.21 bits per heavy atom. The number of nitrogens with one attached hydrogen (secondary N) is 2. The normalized spacial score (nSPS) is 10.2. The molecule has 0 radical (unpaired) electrons. The van der Waals surface area contributed by atoms with Crippen LogP contribution in [0.4, 0.5) is 11.4 Å². The quantitative estimate of drug-likeness (QED) is 0.182. The summed E-state index contributed by atoms with van der Waals surface area (Å²) in [6, 6.07) is 10.3. The van der Waals surface area contributed by atoms with Crippen molar-refractivity contribution in [1.82, 2.24) is 5.32 Å². The SMILES string of the molecule is CCCCCCOc1ccccc1C(=O)NC(=S)Nc1cc([N+](=O)[O-])ccc1O. The van der Waals surface area contributed by atoms with Crippen molar-refractivity contribution in [3.63, 3.8) is 0 Å². The van der Waals surface area contributed by atoms with Gasteiger partial charge in [-0.15, -0.1) is 0 Å². The Balaban J connectivity index is 2.00. The van der Waals surface area contributed by atoms with Crippen LogP contribution in [0.25, 0.3) is 0 Å². The molecule has 0 saturated heterocycles. The highest BCUT2D eigenvalue weighted by Crippen LogP contribution is 2.27. The summed E-state index contributed by atoms with van der Waals surface area (Å²) >= 11 is 5.09. The van der Waals surface area contributed by atoms with Crippen molar-refractivity contribution in [3.8, 4) is 11.5 Å². The number of anilines is 1. The molecule has 0 aliphatic carbocycles. The molecule has 0 unspecified atom stereocenters. The predicted molar refractivity (Wildman–Crippen MR) is 115 cm³/mol. The minimum absolute atomic E-state index is 0.0185. The molecule has 9 heteroatoms. The molecule has 0 atom stereocenters. The first kappa shape index (κ1) is 22.1. The summed E-state index contributed by atoms with van der Waals surface area (Å²) in [7, 11) is 0. The zero-order valence-corrected chi connectivity index (χ0v) is 16.8. The second kappa shape index (κ2) is 11.0. The summed E-state index contributed by atoms with van der Waals surface area (Å²) in [6.45, 7) is 2.64. The Morgan fingerprint density at radius 2 is 1.97 bits per heavy atom. The van der Waals surface area contributed by atoms with Gasteiger partial charge in [-0.3, -0.25) is 20.2 Å². The number of nitro benzene ring substituents is 1. The number of amides is 1. The Morgan fingerprint density at radius 3 is 2.69 bits per heavy atom. The van der Waals surface area contributed by atoms with E-state index in [4.69, 9.17) is 17.0 Å². The molecule has 29 heavy (non-hydrogen) atoms. The van der Waals surface area contributed by atoms with Gasteiger partial charge in [0.05, 0.1) is 22.8 Å². The summed E-state index contributed by atoms with van der Waals surface area (Å²) in [5.41, 5.74) is 0.113. The molecule has 0 fully saturated rings. The van der Waals surface area contributed by atoms with E-state index in [1.807, 2.05) is 0 Å². The standard InChI is InChI=1S/C20H23N3O5S/c1-2-3-4-7-12-28-18-9-6-5-8-15(18)19(25)22-20(29)21-16-13-14(23(26)27)10-11-17(16)24/h5-6,8-11,13,24H,2-4,7,12H2,1H3,(H2,21,22,25,29). The van der Waals surface area contributed by atoms with Crippen LogP contribution in [0.1, 0.15) is 43.0 Å². The average Bonchev–Trinajstić information content (AvgIpc) is 2.69. The first-order chi connectivity index (χ1) is 13.9. The molecule has 2 aromatic carbocycles. The number of hydrogen-bond acceptors (Lipinski definition) is 6. The fourth-order valence-electron chi connectivity index (χ4n) is 2.55. The third kappa shape index (κ3) is 6.72. The zero-order chi connectivity index (χ0) is 21.2. The minimum atomic E-state index is -0.597. The van der Waals surface area contributed by atoms with Gasteiger partial charge in [-0.25, -0.2) is 0 Å². The Kier molecular flexibility index (Phi) is 8.35. The van der Waals surface area contributed by atoms with Crippen molar-refractivity contribution in [2.24, 2.45) is 0 Å². The van der Waals surface area contributed by atoms with Crippen LogP contribution in [-0.4, -0.2) is 27.7 Å². The van der Waals surface area contributed by atoms with Crippen LogP contribution in [0.15, 0.2) is 42.5 Å². The number of benzene rings is 2. The highest BCUT2D eigenvalue weighted by atomic mass is 32.1. The van der Waals surface area contributed by atoms with E-state index in [2.05, 4.69) is 17.6 Å². The maximum absolute atomic E-state index is 12.6. The first-order valence-electron chi connectivity index (χ1n) is 9.24. The molecule has 1 amide bonds. The lowest BCUT2D eigenvalue weighted by Gasteiger charge is -2.13. The zero-order valence-electron chi connectivity index (χ0n) is 16.0. The molecule has 0 aliphatic rings. The van der Waals surface area contributed by atoms with E-state index in [0.717, 1.165) is 37.8 Å². The third-order valence-electron chi connectivity index (χ3n) is 4.05. The Labute approximate surface area is 174 Å². The molecule has 0 bridgehead atoms. The van der Waals surface area contributed by atoms with Gasteiger partial charge in [0.2, 0.25) is 0 Å². The molecule has 8 nitrogen and oxygen atoms in total. The number of para-hydroxylation sites is 1. The molecule has 3 N–H and O–H groups in total. The summed E-state index contributed by atoms with van der Waals surface area (Å²) in [6.07, 6.45) is 4.22. The molecule has 0 aromatic heterocycles. The maximum atomic E-state index is 12.6. The summed E-state index contributed by atoms with van der Waals surface area (Å²) in [4.78, 5) is 22.8. The van der Waals surface area contributed by atoms with Gasteiger partial charge in [0, 0.05) is 12.1 Å². The van der Waals surface area contributed by atoms with E-state index in [0.29, 0.717) is 17.9 Å². The largest absolute Gasteiger partial charge is 0.506 e. The van der Waals surface area contributed by atoms with Gasteiger partial charge in [0.1, 0.15) is 11.5 Å². The lowest BCUT2D eigenvalue weighted by Crippen LogP contribution is -2.34. The van der Waals surface area contributed by atoms with Crippen molar-refractivity contribution in [1.29, 1.82) is 0 Å². The van der Waals surface area contributed by atoms with Crippen molar-refractivity contribution in [2.45, 2.75) is 32.6 Å². The highest BCUT2D eigenvalue weighted by molar-refractivity contribution is 7.80. The molecular formula is C20H23N3O5S.